The molecule has 0 unspecified atom stereocenters. The highest BCUT2D eigenvalue weighted by atomic mass is 32.2. The fraction of sp³-hybridized carbons (Fsp3) is 0.524. The summed E-state index contributed by atoms with van der Waals surface area (Å²) < 4.78 is 63.5. The highest BCUT2D eigenvalue weighted by Gasteiger charge is 2.29. The predicted octanol–water partition coefficient (Wildman–Crippen LogP) is 1.90. The van der Waals surface area contributed by atoms with E-state index in [-0.39, 0.29) is 43.3 Å². The van der Waals surface area contributed by atoms with Crippen molar-refractivity contribution in [3.05, 3.63) is 41.0 Å². The van der Waals surface area contributed by atoms with Gasteiger partial charge < -0.3 is 23.9 Å². The molecule has 13 heteroatoms. The summed E-state index contributed by atoms with van der Waals surface area (Å²) in [5, 5.41) is 2.86. The first-order valence-electron chi connectivity index (χ1n) is 10.7. The van der Waals surface area contributed by atoms with E-state index in [1.807, 2.05) is 4.72 Å². The molecule has 11 nitrogen and oxygen atoms in total. The monoisotopic (exact) mass is 500 g/mol. The number of ether oxygens (including phenoxy) is 3. The Hall–Kier alpha value is -2.58. The Labute approximate surface area is 197 Å². The van der Waals surface area contributed by atoms with Crippen molar-refractivity contribution in [1.29, 1.82) is 0 Å². The van der Waals surface area contributed by atoms with E-state index in [9.17, 15) is 17.6 Å². The molecule has 0 saturated carbocycles. The molecule has 1 aromatic heterocycles. The average molecular weight is 501 g/mol. The minimum absolute atomic E-state index is 0.0313. The number of nitrogens with one attached hydrogen (secondary N) is 2. The third-order valence-electron chi connectivity index (χ3n) is 5.18. The minimum Gasteiger partial charge on any atom is -0.431 e. The van der Waals surface area contributed by atoms with Gasteiger partial charge in [0.15, 0.2) is 5.69 Å². The number of carbonyl (C=O) groups is 1. The molecule has 1 fully saturated rings. The Balaban J connectivity index is 1.57. The molecule has 2 heterocycles. The topological polar surface area (TPSA) is 132 Å². The van der Waals surface area contributed by atoms with Crippen molar-refractivity contribution in [2.24, 2.45) is 0 Å². The van der Waals surface area contributed by atoms with Crippen molar-refractivity contribution in [3.8, 4) is 0 Å². The molecule has 1 aliphatic heterocycles. The summed E-state index contributed by atoms with van der Waals surface area (Å²) in [6.45, 7) is 4.94. The van der Waals surface area contributed by atoms with Gasteiger partial charge in [0.1, 0.15) is 12.1 Å². The van der Waals surface area contributed by atoms with Crippen LogP contribution >= 0.6 is 0 Å². The standard InChI is InChI=1S/C21H29FN4O7S/c1-14-11-18(15(2)10-17(14)22)23-21-24-19(13-33-21)20(27)25-34(28,29)26-5-4-16(32-7-6-26)12-31-9-8-30-3/h10-11,13,16H,4-9,12H2,1-3H3,(H,23,24)(H,25,27)/t16-/m0/s1. The van der Waals surface area contributed by atoms with Gasteiger partial charge in [0, 0.05) is 25.9 Å². The van der Waals surface area contributed by atoms with Crippen molar-refractivity contribution in [1.82, 2.24) is 14.0 Å². The number of hydrogen-bond acceptors (Lipinski definition) is 9. The highest BCUT2D eigenvalue weighted by molar-refractivity contribution is 7.87. The number of methoxy groups -OCH3 is 1. The first kappa shape index (κ1) is 26.0. The van der Waals surface area contributed by atoms with Gasteiger partial charge in [0.2, 0.25) is 0 Å². The lowest BCUT2D eigenvalue weighted by molar-refractivity contribution is -0.0218. The molecular weight excluding hydrogens is 471 g/mol. The third-order valence-corrected chi connectivity index (χ3v) is 6.66. The number of hydrogen-bond donors (Lipinski definition) is 2. The molecule has 0 bridgehead atoms. The van der Waals surface area contributed by atoms with Crippen LogP contribution in [0.2, 0.25) is 0 Å². The summed E-state index contributed by atoms with van der Waals surface area (Å²) in [5.41, 5.74) is 1.36. The van der Waals surface area contributed by atoms with Gasteiger partial charge in [-0.05, 0) is 43.5 Å². The quantitative estimate of drug-likeness (QED) is 0.469. The van der Waals surface area contributed by atoms with Gasteiger partial charge in [-0.3, -0.25) is 4.79 Å². The molecule has 34 heavy (non-hydrogen) atoms. The zero-order valence-corrected chi connectivity index (χ0v) is 20.1. The van der Waals surface area contributed by atoms with Gasteiger partial charge in [0.05, 0.1) is 32.5 Å². The lowest BCUT2D eigenvalue weighted by Crippen LogP contribution is -2.44. The van der Waals surface area contributed by atoms with Crippen LogP contribution < -0.4 is 10.0 Å². The first-order valence-corrected chi connectivity index (χ1v) is 12.1. The van der Waals surface area contributed by atoms with Crippen LogP contribution in [0, 0.1) is 19.7 Å². The lowest BCUT2D eigenvalue weighted by atomic mass is 10.1. The Morgan fingerprint density at radius 2 is 2.06 bits per heavy atom. The van der Waals surface area contributed by atoms with Crippen LogP contribution in [0.5, 0.6) is 0 Å². The average Bonchev–Trinajstić information content (AvgIpc) is 3.11. The molecule has 0 aliphatic carbocycles. The maximum absolute atomic E-state index is 13.7. The van der Waals surface area contributed by atoms with Gasteiger partial charge >= 0.3 is 10.2 Å². The molecule has 1 aromatic carbocycles. The minimum atomic E-state index is -4.12. The van der Waals surface area contributed by atoms with Crippen LogP contribution in [-0.2, 0) is 24.4 Å². The Bertz CT molecular complexity index is 1090. The highest BCUT2D eigenvalue weighted by Crippen LogP contribution is 2.23. The van der Waals surface area contributed by atoms with Crippen LogP contribution in [0.1, 0.15) is 28.0 Å². The van der Waals surface area contributed by atoms with Crippen molar-refractivity contribution >= 4 is 27.8 Å². The number of halogens is 1. The maximum atomic E-state index is 13.7. The lowest BCUT2D eigenvalue weighted by Gasteiger charge is -2.19. The second-order valence-electron chi connectivity index (χ2n) is 7.76. The van der Waals surface area contributed by atoms with E-state index in [0.29, 0.717) is 43.1 Å². The van der Waals surface area contributed by atoms with Crippen molar-refractivity contribution in [3.63, 3.8) is 0 Å². The van der Waals surface area contributed by atoms with Crippen LogP contribution in [0.25, 0.3) is 0 Å². The number of aromatic nitrogens is 1. The molecule has 2 aromatic rings. The molecule has 2 N–H and O–H groups in total. The summed E-state index contributed by atoms with van der Waals surface area (Å²) in [5.74, 6) is -1.28. The fourth-order valence-corrected chi connectivity index (χ4v) is 4.36. The summed E-state index contributed by atoms with van der Waals surface area (Å²) in [6.07, 6.45) is 1.20. The van der Waals surface area contributed by atoms with Crippen LogP contribution in [0.15, 0.2) is 22.8 Å². The van der Waals surface area contributed by atoms with E-state index in [1.165, 1.54) is 6.07 Å². The Kier molecular flexibility index (Phi) is 8.97. The molecular formula is C21H29FN4O7S. The van der Waals surface area contributed by atoms with E-state index in [2.05, 4.69) is 10.3 Å². The van der Waals surface area contributed by atoms with E-state index < -0.39 is 16.1 Å². The molecule has 0 spiro atoms. The third kappa shape index (κ3) is 6.96. The van der Waals surface area contributed by atoms with Gasteiger partial charge in [-0.2, -0.15) is 17.7 Å². The first-order chi connectivity index (χ1) is 16.2. The summed E-state index contributed by atoms with van der Waals surface area (Å²) in [6, 6.07) is 2.91. The number of carbonyl (C=O) groups excluding carboxylic acids is 1. The van der Waals surface area contributed by atoms with Gasteiger partial charge in [-0.1, -0.05) is 0 Å². The molecule has 1 amide bonds. The van der Waals surface area contributed by atoms with Crippen LogP contribution in [0.3, 0.4) is 0 Å². The van der Waals surface area contributed by atoms with Gasteiger partial charge in [-0.15, -0.1) is 0 Å². The fourth-order valence-electron chi connectivity index (χ4n) is 3.23. The number of nitrogens with zero attached hydrogens (tertiary/aromatic N) is 2. The maximum Gasteiger partial charge on any atom is 0.304 e. The summed E-state index contributed by atoms with van der Waals surface area (Å²) in [7, 11) is -2.55. The zero-order chi connectivity index (χ0) is 24.7. The summed E-state index contributed by atoms with van der Waals surface area (Å²) in [4.78, 5) is 16.5. The molecule has 1 saturated heterocycles. The zero-order valence-electron chi connectivity index (χ0n) is 19.3. The van der Waals surface area contributed by atoms with Crippen molar-refractivity contribution < 1.29 is 36.2 Å². The van der Waals surface area contributed by atoms with Crippen molar-refractivity contribution in [2.45, 2.75) is 26.4 Å². The van der Waals surface area contributed by atoms with E-state index in [0.717, 1.165) is 10.6 Å². The van der Waals surface area contributed by atoms with Crippen molar-refractivity contribution in [2.75, 3.05) is 51.9 Å². The number of benzene rings is 1. The Morgan fingerprint density at radius 3 is 2.82 bits per heavy atom. The molecule has 1 atom stereocenters. The SMILES string of the molecule is COCCOC[C@@H]1CCN(S(=O)(=O)NC(=O)c2coc(Nc3cc(C)c(F)cc3C)n2)CCO1. The number of anilines is 2. The molecule has 0 radical (unpaired) electrons. The normalized spacial score (nSPS) is 17.4. The molecule has 3 rings (SSSR count). The van der Waals surface area contributed by atoms with Crippen LogP contribution in [-0.4, -0.2) is 76.3 Å². The van der Waals surface area contributed by atoms with E-state index in [4.69, 9.17) is 18.6 Å². The largest absolute Gasteiger partial charge is 0.431 e. The van der Waals surface area contributed by atoms with E-state index >= 15 is 0 Å². The second kappa shape index (κ2) is 11.7. The van der Waals surface area contributed by atoms with E-state index in [1.54, 1.807) is 27.0 Å². The predicted molar refractivity (Wildman–Crippen MR) is 121 cm³/mol. The van der Waals surface area contributed by atoms with Gasteiger partial charge in [0.25, 0.3) is 11.9 Å². The molecule has 188 valence electrons. The molecule has 1 aliphatic rings. The smallest absolute Gasteiger partial charge is 0.304 e. The summed E-state index contributed by atoms with van der Waals surface area (Å²) >= 11 is 0. The number of oxazole rings is 1. The van der Waals surface area contributed by atoms with Crippen LogP contribution in [0.4, 0.5) is 16.1 Å². The van der Waals surface area contributed by atoms with Gasteiger partial charge in [-0.25, -0.2) is 9.11 Å². The number of aryl methyl sites for hydroxylation is 2. The number of amides is 1. The Morgan fingerprint density at radius 1 is 1.26 bits per heavy atom. The second-order valence-corrected chi connectivity index (χ2v) is 9.43. The number of rotatable bonds is 10.